The molecule has 3 rings (SSSR count). The fraction of sp³-hybridized carbons (Fsp3) is 0.500. The zero-order valence-corrected chi connectivity index (χ0v) is 14.7. The average molecular weight is 371 g/mol. The van der Waals surface area contributed by atoms with Gasteiger partial charge in [-0.2, -0.15) is 13.2 Å². The van der Waals surface area contributed by atoms with Crippen molar-refractivity contribution in [1.29, 1.82) is 0 Å². The second-order valence-electron chi connectivity index (χ2n) is 6.18. The van der Waals surface area contributed by atoms with Crippen molar-refractivity contribution >= 4 is 12.2 Å². The minimum absolute atomic E-state index is 0.0824. The molecular weight excluding hydrogens is 351 g/mol. The highest BCUT2D eigenvalue weighted by Gasteiger charge is 2.37. The number of piperazine rings is 1. The second-order valence-corrected chi connectivity index (χ2v) is 6.55. The van der Waals surface area contributed by atoms with Crippen molar-refractivity contribution in [2.45, 2.75) is 19.4 Å². The molecule has 1 aromatic carbocycles. The first-order chi connectivity index (χ1) is 11.8. The lowest BCUT2D eigenvalue weighted by atomic mass is 10.2. The minimum atomic E-state index is -4.50. The van der Waals surface area contributed by atoms with Gasteiger partial charge in [-0.25, -0.2) is 4.68 Å². The Labute approximate surface area is 149 Å². The molecule has 0 N–H and O–H groups in total. The van der Waals surface area contributed by atoms with Crippen LogP contribution in [-0.4, -0.2) is 50.3 Å². The van der Waals surface area contributed by atoms with Gasteiger partial charge in [-0.15, -0.1) is 5.10 Å². The molecule has 0 amide bonds. The van der Waals surface area contributed by atoms with Gasteiger partial charge in [-0.05, 0) is 17.8 Å². The molecule has 25 heavy (non-hydrogen) atoms. The van der Waals surface area contributed by atoms with Crippen LogP contribution in [-0.2, 0) is 26.4 Å². The normalized spacial score (nSPS) is 17.1. The van der Waals surface area contributed by atoms with Crippen molar-refractivity contribution in [2.75, 3.05) is 26.2 Å². The van der Waals surface area contributed by atoms with E-state index in [1.54, 1.807) is 0 Å². The number of alkyl halides is 3. The third-order valence-corrected chi connectivity index (χ3v) is 4.83. The number of nitrogens with zero attached hydrogens (tertiary/aromatic N) is 5. The highest BCUT2D eigenvalue weighted by molar-refractivity contribution is 7.71. The van der Waals surface area contributed by atoms with Crippen LogP contribution in [0.1, 0.15) is 11.4 Å². The van der Waals surface area contributed by atoms with Crippen LogP contribution in [0.2, 0.25) is 0 Å². The summed E-state index contributed by atoms with van der Waals surface area (Å²) in [6, 6.07) is 10.2. The molecule has 1 saturated heterocycles. The molecule has 9 heteroatoms. The fourth-order valence-electron chi connectivity index (χ4n) is 2.95. The van der Waals surface area contributed by atoms with E-state index < -0.39 is 12.0 Å². The molecule has 1 aliphatic rings. The van der Waals surface area contributed by atoms with E-state index in [1.165, 1.54) is 17.3 Å². The van der Waals surface area contributed by atoms with Crippen molar-refractivity contribution in [2.24, 2.45) is 7.05 Å². The predicted octanol–water partition coefficient (Wildman–Crippen LogP) is 2.75. The Morgan fingerprint density at radius 3 is 2.20 bits per heavy atom. The fourth-order valence-corrected chi connectivity index (χ4v) is 3.13. The molecule has 0 atom stereocenters. The summed E-state index contributed by atoms with van der Waals surface area (Å²) in [6.07, 6.45) is -4.50. The highest BCUT2D eigenvalue weighted by atomic mass is 32.1. The van der Waals surface area contributed by atoms with Gasteiger partial charge in [0.25, 0.3) is 0 Å². The SMILES string of the molecule is Cn1c(C(F)(F)F)nn(CN2CCN(Cc3ccccc3)CC2)c1=S. The Bertz CT molecular complexity index is 760. The van der Waals surface area contributed by atoms with Crippen LogP contribution in [0.25, 0.3) is 0 Å². The van der Waals surface area contributed by atoms with Crippen LogP contribution in [0.4, 0.5) is 13.2 Å². The molecule has 1 aliphatic heterocycles. The largest absolute Gasteiger partial charge is 0.451 e. The second kappa shape index (κ2) is 7.27. The molecule has 2 heterocycles. The first-order valence-corrected chi connectivity index (χ1v) is 8.45. The van der Waals surface area contributed by atoms with Gasteiger partial charge in [-0.1, -0.05) is 30.3 Å². The van der Waals surface area contributed by atoms with Gasteiger partial charge in [0.15, 0.2) is 4.77 Å². The van der Waals surface area contributed by atoms with Crippen molar-refractivity contribution < 1.29 is 13.2 Å². The van der Waals surface area contributed by atoms with Crippen molar-refractivity contribution in [3.63, 3.8) is 0 Å². The summed E-state index contributed by atoms with van der Waals surface area (Å²) < 4.78 is 41.0. The topological polar surface area (TPSA) is 29.2 Å². The number of halogens is 3. The van der Waals surface area contributed by atoms with Crippen LogP contribution in [0, 0.1) is 4.77 Å². The summed E-state index contributed by atoms with van der Waals surface area (Å²) in [5, 5.41) is 3.66. The lowest BCUT2D eigenvalue weighted by Gasteiger charge is -2.34. The summed E-state index contributed by atoms with van der Waals surface area (Å²) in [5.41, 5.74) is 1.26. The van der Waals surface area contributed by atoms with E-state index >= 15 is 0 Å². The minimum Gasteiger partial charge on any atom is -0.299 e. The maximum atomic E-state index is 12.9. The highest BCUT2D eigenvalue weighted by Crippen LogP contribution is 2.27. The average Bonchev–Trinajstić information content (AvgIpc) is 2.86. The molecular formula is C16H20F3N5S. The van der Waals surface area contributed by atoms with E-state index in [0.717, 1.165) is 37.3 Å². The predicted molar refractivity (Wildman–Crippen MR) is 90.3 cm³/mol. The number of hydrogen-bond acceptors (Lipinski definition) is 4. The smallest absolute Gasteiger partial charge is 0.299 e. The summed E-state index contributed by atoms with van der Waals surface area (Å²) >= 11 is 5.09. The van der Waals surface area contributed by atoms with Crippen LogP contribution in [0.15, 0.2) is 30.3 Å². The molecule has 136 valence electrons. The van der Waals surface area contributed by atoms with Crippen LogP contribution in [0.5, 0.6) is 0 Å². The first-order valence-electron chi connectivity index (χ1n) is 8.04. The number of rotatable bonds is 4. The van der Waals surface area contributed by atoms with Crippen molar-refractivity contribution in [3.8, 4) is 0 Å². The lowest BCUT2D eigenvalue weighted by molar-refractivity contribution is -0.147. The van der Waals surface area contributed by atoms with Crippen molar-refractivity contribution in [3.05, 3.63) is 46.5 Å². The third kappa shape index (κ3) is 4.28. The zero-order valence-electron chi connectivity index (χ0n) is 13.9. The third-order valence-electron chi connectivity index (χ3n) is 4.34. The first kappa shape index (κ1) is 18.1. The summed E-state index contributed by atoms with van der Waals surface area (Å²) in [7, 11) is 1.30. The Morgan fingerprint density at radius 1 is 1.04 bits per heavy atom. The van der Waals surface area contributed by atoms with Gasteiger partial charge in [0.2, 0.25) is 5.82 Å². The Morgan fingerprint density at radius 2 is 1.64 bits per heavy atom. The van der Waals surface area contributed by atoms with E-state index in [1.807, 2.05) is 18.2 Å². The maximum Gasteiger partial charge on any atom is 0.451 e. The molecule has 0 saturated carbocycles. The summed E-state index contributed by atoms with van der Waals surface area (Å²) in [6.45, 7) is 4.43. The van der Waals surface area contributed by atoms with Gasteiger partial charge in [0.05, 0.1) is 6.67 Å². The van der Waals surface area contributed by atoms with Gasteiger partial charge in [0.1, 0.15) is 0 Å². The van der Waals surface area contributed by atoms with E-state index in [9.17, 15) is 13.2 Å². The van der Waals surface area contributed by atoms with Crippen LogP contribution in [0.3, 0.4) is 0 Å². The lowest BCUT2D eigenvalue weighted by Crippen LogP contribution is -2.46. The molecule has 1 fully saturated rings. The quantitative estimate of drug-likeness (QED) is 0.773. The summed E-state index contributed by atoms with van der Waals surface area (Å²) in [5.74, 6) is -0.958. The van der Waals surface area contributed by atoms with Crippen molar-refractivity contribution in [1.82, 2.24) is 24.1 Å². The van der Waals surface area contributed by atoms with Crippen LogP contribution < -0.4 is 0 Å². The maximum absolute atomic E-state index is 12.9. The van der Waals surface area contributed by atoms with Gasteiger partial charge in [0, 0.05) is 39.8 Å². The molecule has 0 unspecified atom stereocenters. The standard InChI is InChI=1S/C16H20F3N5S/c1-21-14(16(17,18)19)20-24(15(21)25)12-23-9-7-22(8-10-23)11-13-5-3-2-4-6-13/h2-6H,7-12H2,1H3. The number of benzene rings is 1. The molecule has 5 nitrogen and oxygen atoms in total. The van der Waals surface area contributed by atoms with E-state index in [2.05, 4.69) is 27.0 Å². The number of aromatic nitrogens is 3. The van der Waals surface area contributed by atoms with Gasteiger partial charge in [-0.3, -0.25) is 14.4 Å². The van der Waals surface area contributed by atoms with E-state index in [-0.39, 0.29) is 11.4 Å². The molecule has 0 aliphatic carbocycles. The number of hydrogen-bond donors (Lipinski definition) is 0. The van der Waals surface area contributed by atoms with Crippen LogP contribution >= 0.6 is 12.2 Å². The monoisotopic (exact) mass is 371 g/mol. The molecule has 2 aromatic rings. The van der Waals surface area contributed by atoms with Gasteiger partial charge < -0.3 is 0 Å². The Balaban J connectivity index is 1.59. The Kier molecular flexibility index (Phi) is 5.26. The Hall–Kier alpha value is -1.71. The molecule has 0 spiro atoms. The van der Waals surface area contributed by atoms with Gasteiger partial charge >= 0.3 is 6.18 Å². The van der Waals surface area contributed by atoms with E-state index in [0.29, 0.717) is 0 Å². The summed E-state index contributed by atoms with van der Waals surface area (Å²) in [4.78, 5) is 4.41. The zero-order chi connectivity index (χ0) is 18.0. The van der Waals surface area contributed by atoms with E-state index in [4.69, 9.17) is 12.2 Å². The molecule has 0 bridgehead atoms. The molecule has 0 radical (unpaired) electrons. The molecule has 1 aromatic heterocycles.